The van der Waals surface area contributed by atoms with E-state index in [0.717, 1.165) is 22.0 Å². The number of fused-ring (bicyclic) bond motifs is 1. The number of H-pyrrole nitrogens is 1. The Kier molecular flexibility index (Phi) is 3.55. The minimum Gasteiger partial charge on any atom is -0.464 e. The summed E-state index contributed by atoms with van der Waals surface area (Å²) in [5.41, 5.74) is 4.10. The zero-order valence-electron chi connectivity index (χ0n) is 11.4. The second kappa shape index (κ2) is 5.14. The van der Waals surface area contributed by atoms with Crippen LogP contribution in [0.5, 0.6) is 0 Å². The molecule has 5 nitrogen and oxygen atoms in total. The zero-order valence-corrected chi connectivity index (χ0v) is 11.4. The highest BCUT2D eigenvalue weighted by molar-refractivity contribution is 6.10. The van der Waals surface area contributed by atoms with Crippen LogP contribution in [-0.2, 0) is 9.57 Å². The molecule has 19 heavy (non-hydrogen) atoms. The monoisotopic (exact) mass is 260 g/mol. The average Bonchev–Trinajstić information content (AvgIpc) is 2.80. The Morgan fingerprint density at radius 2 is 1.95 bits per heavy atom. The molecule has 0 saturated heterocycles. The fraction of sp³-hybridized carbons (Fsp3) is 0.286. The van der Waals surface area contributed by atoms with Crippen LogP contribution in [0, 0.1) is 13.8 Å². The van der Waals surface area contributed by atoms with Gasteiger partial charge in [0, 0.05) is 16.5 Å². The van der Waals surface area contributed by atoms with Crippen LogP contribution in [0.4, 0.5) is 0 Å². The van der Waals surface area contributed by atoms with Crippen LogP contribution in [0.1, 0.15) is 27.2 Å². The molecule has 0 aliphatic carbocycles. The largest absolute Gasteiger partial charge is 0.464 e. The van der Waals surface area contributed by atoms with Crippen molar-refractivity contribution in [3.63, 3.8) is 0 Å². The molecule has 1 aromatic heterocycles. The normalized spacial score (nSPS) is 11.2. The molecule has 0 amide bonds. The third-order valence-corrected chi connectivity index (χ3v) is 3.09. The van der Waals surface area contributed by atoms with Crippen LogP contribution in [0.3, 0.4) is 0 Å². The van der Waals surface area contributed by atoms with Crippen LogP contribution in [0.25, 0.3) is 10.9 Å². The van der Waals surface area contributed by atoms with Crippen molar-refractivity contribution in [1.29, 1.82) is 0 Å². The molecule has 0 aliphatic heterocycles. The minimum absolute atomic E-state index is 0.385. The highest BCUT2D eigenvalue weighted by Gasteiger charge is 2.19. The van der Waals surface area contributed by atoms with E-state index in [-0.39, 0.29) is 0 Å². The summed E-state index contributed by atoms with van der Waals surface area (Å²) in [6, 6.07) is 4.02. The smallest absolute Gasteiger partial charge is 0.355 e. The first-order valence-electron chi connectivity index (χ1n) is 5.86. The Hall–Kier alpha value is -2.30. The Bertz CT molecular complexity index is 656. The van der Waals surface area contributed by atoms with Crippen LogP contribution in [0.15, 0.2) is 17.3 Å². The number of carbonyl (C=O) groups is 1. The molecule has 2 aromatic rings. The fourth-order valence-corrected chi connectivity index (χ4v) is 2.13. The van der Waals surface area contributed by atoms with Gasteiger partial charge in [0.1, 0.15) is 12.8 Å². The average molecular weight is 260 g/mol. The van der Waals surface area contributed by atoms with E-state index in [4.69, 9.17) is 9.57 Å². The second-order valence-electron chi connectivity index (χ2n) is 4.27. The van der Waals surface area contributed by atoms with Gasteiger partial charge in [-0.3, -0.25) is 0 Å². The molecule has 5 heteroatoms. The number of esters is 1. The van der Waals surface area contributed by atoms with Crippen molar-refractivity contribution in [3.8, 4) is 0 Å². The van der Waals surface area contributed by atoms with Crippen molar-refractivity contribution in [2.45, 2.75) is 13.8 Å². The number of oxime groups is 1. The molecule has 2 rings (SSSR count). The number of hydrogen-bond acceptors (Lipinski definition) is 4. The number of aromatic nitrogens is 1. The lowest BCUT2D eigenvalue weighted by Crippen LogP contribution is -2.05. The topological polar surface area (TPSA) is 63.7 Å². The van der Waals surface area contributed by atoms with Crippen molar-refractivity contribution < 1.29 is 14.4 Å². The quantitative estimate of drug-likeness (QED) is 0.524. The molecule has 0 fully saturated rings. The first-order chi connectivity index (χ1) is 9.10. The summed E-state index contributed by atoms with van der Waals surface area (Å²) in [7, 11) is 2.81. The number of rotatable bonds is 3. The zero-order chi connectivity index (χ0) is 14.0. The third kappa shape index (κ3) is 2.19. The SMILES string of the molecule is CON=Cc1c(C(=O)OC)[nH]c2c(C)ccc(C)c12. The van der Waals surface area contributed by atoms with Gasteiger partial charge in [0.05, 0.1) is 13.3 Å². The van der Waals surface area contributed by atoms with Crippen molar-refractivity contribution in [1.82, 2.24) is 4.98 Å². The third-order valence-electron chi connectivity index (χ3n) is 3.09. The fourth-order valence-electron chi connectivity index (χ4n) is 2.13. The number of methoxy groups -OCH3 is 1. The Morgan fingerprint density at radius 3 is 2.58 bits per heavy atom. The van der Waals surface area contributed by atoms with Gasteiger partial charge in [0.25, 0.3) is 0 Å². The summed E-state index contributed by atoms with van der Waals surface area (Å²) < 4.78 is 4.79. The van der Waals surface area contributed by atoms with E-state index < -0.39 is 5.97 Å². The number of hydrogen-bond donors (Lipinski definition) is 1. The summed E-state index contributed by atoms with van der Waals surface area (Å²) in [5.74, 6) is -0.424. The van der Waals surface area contributed by atoms with Gasteiger partial charge in [-0.2, -0.15) is 0 Å². The minimum atomic E-state index is -0.424. The summed E-state index contributed by atoms with van der Waals surface area (Å²) in [5, 5.41) is 4.72. The van der Waals surface area contributed by atoms with Gasteiger partial charge >= 0.3 is 5.97 Å². The summed E-state index contributed by atoms with van der Waals surface area (Å²) in [6.07, 6.45) is 1.53. The lowest BCUT2D eigenvalue weighted by Gasteiger charge is -2.01. The van der Waals surface area contributed by atoms with Crippen molar-refractivity contribution in [2.75, 3.05) is 14.2 Å². The molecule has 100 valence electrons. The number of benzene rings is 1. The molecular formula is C14H16N2O3. The van der Waals surface area contributed by atoms with Gasteiger partial charge in [-0.1, -0.05) is 17.3 Å². The lowest BCUT2D eigenvalue weighted by atomic mass is 10.0. The number of nitrogens with zero attached hydrogens (tertiary/aromatic N) is 1. The Morgan fingerprint density at radius 1 is 1.26 bits per heavy atom. The maximum absolute atomic E-state index is 11.8. The maximum atomic E-state index is 11.8. The maximum Gasteiger partial charge on any atom is 0.355 e. The second-order valence-corrected chi connectivity index (χ2v) is 4.27. The summed E-state index contributed by atoms with van der Waals surface area (Å²) in [6.45, 7) is 3.97. The number of nitrogens with one attached hydrogen (secondary N) is 1. The molecule has 1 N–H and O–H groups in total. The first-order valence-corrected chi connectivity index (χ1v) is 5.86. The van der Waals surface area contributed by atoms with Crippen molar-refractivity contribution >= 4 is 23.1 Å². The molecule has 1 heterocycles. The van der Waals surface area contributed by atoms with Gasteiger partial charge in [-0.25, -0.2) is 4.79 Å². The summed E-state index contributed by atoms with van der Waals surface area (Å²) >= 11 is 0. The van der Waals surface area contributed by atoms with Crippen molar-refractivity contribution in [2.24, 2.45) is 5.16 Å². The highest BCUT2D eigenvalue weighted by Crippen LogP contribution is 2.27. The predicted octanol–water partition coefficient (Wildman–Crippen LogP) is 2.55. The Balaban J connectivity index is 2.81. The van der Waals surface area contributed by atoms with Crippen LogP contribution in [0.2, 0.25) is 0 Å². The van der Waals surface area contributed by atoms with Crippen molar-refractivity contribution in [3.05, 3.63) is 34.5 Å². The van der Waals surface area contributed by atoms with Gasteiger partial charge < -0.3 is 14.6 Å². The molecule has 1 aromatic carbocycles. The van der Waals surface area contributed by atoms with E-state index in [1.807, 2.05) is 26.0 Å². The molecule has 0 bridgehead atoms. The van der Waals surface area contributed by atoms with Crippen LogP contribution >= 0.6 is 0 Å². The number of ether oxygens (including phenoxy) is 1. The van der Waals surface area contributed by atoms with E-state index >= 15 is 0 Å². The van der Waals surface area contributed by atoms with Gasteiger partial charge in [0.15, 0.2) is 0 Å². The molecular weight excluding hydrogens is 244 g/mol. The number of aromatic amines is 1. The summed E-state index contributed by atoms with van der Waals surface area (Å²) in [4.78, 5) is 19.7. The van der Waals surface area contributed by atoms with Crippen LogP contribution in [-0.4, -0.2) is 31.4 Å². The van der Waals surface area contributed by atoms with E-state index in [1.54, 1.807) is 0 Å². The van der Waals surface area contributed by atoms with E-state index in [1.165, 1.54) is 20.4 Å². The van der Waals surface area contributed by atoms with Gasteiger partial charge in [0.2, 0.25) is 0 Å². The van der Waals surface area contributed by atoms with E-state index in [2.05, 4.69) is 10.1 Å². The lowest BCUT2D eigenvalue weighted by molar-refractivity contribution is 0.0595. The highest BCUT2D eigenvalue weighted by atomic mass is 16.6. The molecule has 0 aliphatic rings. The molecule has 0 atom stereocenters. The molecule has 0 radical (unpaired) electrons. The Labute approximate surface area is 111 Å². The van der Waals surface area contributed by atoms with Gasteiger partial charge in [-0.05, 0) is 25.0 Å². The number of aryl methyl sites for hydroxylation is 2. The molecule has 0 saturated carbocycles. The van der Waals surface area contributed by atoms with Crippen LogP contribution < -0.4 is 0 Å². The standard InChI is InChI=1S/C14H16N2O3/c1-8-5-6-9(2)12-11(8)10(7-15-19-4)13(16-12)14(17)18-3/h5-7,16H,1-4H3. The predicted molar refractivity (Wildman–Crippen MR) is 73.7 cm³/mol. The molecule has 0 unspecified atom stereocenters. The van der Waals surface area contributed by atoms with Gasteiger partial charge in [-0.15, -0.1) is 0 Å². The first kappa shape index (κ1) is 13.1. The number of carbonyl (C=O) groups excluding carboxylic acids is 1. The molecule has 0 spiro atoms. The van der Waals surface area contributed by atoms with E-state index in [9.17, 15) is 4.79 Å². The van der Waals surface area contributed by atoms with E-state index in [0.29, 0.717) is 11.3 Å².